The molecule has 0 spiro atoms. The monoisotopic (exact) mass is 466 g/mol. The summed E-state index contributed by atoms with van der Waals surface area (Å²) >= 11 is 0. The molecule has 11 nitrogen and oxygen atoms in total. The third-order valence-corrected chi connectivity index (χ3v) is 6.05. The molecule has 6 N–H and O–H groups in total. The summed E-state index contributed by atoms with van der Waals surface area (Å²) in [6.07, 6.45) is -4.61. The number of carbonyl (C=O) groups excluding carboxylic acids is 1. The van der Waals surface area contributed by atoms with E-state index in [1.807, 2.05) is 0 Å². The molecule has 3 aliphatic rings. The quantitative estimate of drug-likeness (QED) is 0.219. The van der Waals surface area contributed by atoms with Gasteiger partial charge in [-0.3, -0.25) is 0 Å². The first kappa shape index (κ1) is 23.6. The van der Waals surface area contributed by atoms with E-state index in [1.54, 1.807) is 12.2 Å². The predicted molar refractivity (Wildman–Crippen MR) is 108 cm³/mol. The van der Waals surface area contributed by atoms with Crippen LogP contribution in [0.15, 0.2) is 48.3 Å². The molecule has 1 saturated heterocycles. The lowest BCUT2D eigenvalue weighted by Gasteiger charge is -2.42. The molecule has 1 aliphatic carbocycles. The molecule has 2 aliphatic heterocycles. The van der Waals surface area contributed by atoms with Crippen LogP contribution in [0.5, 0.6) is 5.75 Å². The van der Waals surface area contributed by atoms with Gasteiger partial charge in [0.25, 0.3) is 0 Å². The van der Waals surface area contributed by atoms with Gasteiger partial charge in [-0.15, -0.1) is 0 Å². The molecule has 180 valence electrons. The Kier molecular flexibility index (Phi) is 7.00. The zero-order valence-electron chi connectivity index (χ0n) is 17.4. The van der Waals surface area contributed by atoms with Crippen molar-refractivity contribution in [2.45, 2.75) is 43.1 Å². The van der Waals surface area contributed by atoms with Gasteiger partial charge in [-0.2, -0.15) is 0 Å². The summed E-state index contributed by atoms with van der Waals surface area (Å²) in [5.74, 6) is -1.68. The Morgan fingerprint density at radius 1 is 1.00 bits per heavy atom. The molecule has 33 heavy (non-hydrogen) atoms. The van der Waals surface area contributed by atoms with Crippen LogP contribution in [0.4, 0.5) is 0 Å². The molecule has 0 saturated carbocycles. The fourth-order valence-electron chi connectivity index (χ4n) is 4.26. The van der Waals surface area contributed by atoms with Crippen LogP contribution in [0.2, 0.25) is 0 Å². The summed E-state index contributed by atoms with van der Waals surface area (Å²) in [6, 6.07) is 5.57. The Balaban J connectivity index is 1.49. The molecule has 0 amide bonds. The highest BCUT2D eigenvalue weighted by Gasteiger charge is 2.50. The predicted octanol–water partition coefficient (Wildman–Crippen LogP) is -1.23. The van der Waals surface area contributed by atoms with Crippen molar-refractivity contribution in [1.29, 1.82) is 0 Å². The van der Waals surface area contributed by atoms with E-state index in [9.17, 15) is 35.4 Å². The fourth-order valence-corrected chi connectivity index (χ4v) is 4.26. The maximum atomic E-state index is 12.5. The van der Waals surface area contributed by atoms with Crippen molar-refractivity contribution in [3.63, 3.8) is 0 Å². The lowest BCUT2D eigenvalue weighted by molar-refractivity contribution is -0.339. The third kappa shape index (κ3) is 4.62. The van der Waals surface area contributed by atoms with Crippen molar-refractivity contribution >= 4 is 5.97 Å². The first-order chi connectivity index (χ1) is 15.8. The van der Waals surface area contributed by atoms with Crippen LogP contribution in [0.1, 0.15) is 10.4 Å². The second kappa shape index (κ2) is 9.77. The number of benzene rings is 1. The van der Waals surface area contributed by atoms with Crippen molar-refractivity contribution in [1.82, 2.24) is 0 Å². The van der Waals surface area contributed by atoms with Gasteiger partial charge in [0.2, 0.25) is 6.29 Å². The van der Waals surface area contributed by atoms with Gasteiger partial charge in [0.05, 0.1) is 31.0 Å². The van der Waals surface area contributed by atoms with E-state index in [0.29, 0.717) is 5.57 Å². The number of carbonyl (C=O) groups is 1. The largest absolute Gasteiger partial charge is 0.508 e. The molecule has 0 bridgehead atoms. The van der Waals surface area contributed by atoms with Crippen LogP contribution in [0.3, 0.4) is 0 Å². The molecule has 1 fully saturated rings. The Hall–Kier alpha value is -2.51. The van der Waals surface area contributed by atoms with Gasteiger partial charge < -0.3 is 49.6 Å². The Labute approximate surface area is 188 Å². The fraction of sp³-hybridized carbons (Fsp3) is 0.500. The number of phenolic OH excluding ortho intramolecular Hbond substituents is 1. The van der Waals surface area contributed by atoms with Crippen LogP contribution >= 0.6 is 0 Å². The van der Waals surface area contributed by atoms with E-state index in [0.717, 1.165) is 0 Å². The molecule has 1 aromatic carbocycles. The number of esters is 1. The van der Waals surface area contributed by atoms with Crippen molar-refractivity contribution in [3.8, 4) is 5.75 Å². The molecular formula is C22H26O11. The Bertz CT molecular complexity index is 896. The molecule has 9 unspecified atom stereocenters. The van der Waals surface area contributed by atoms with E-state index in [4.69, 9.17) is 18.9 Å². The van der Waals surface area contributed by atoms with Crippen LogP contribution in [0, 0.1) is 11.8 Å². The highest BCUT2D eigenvalue weighted by molar-refractivity contribution is 5.89. The smallest absolute Gasteiger partial charge is 0.338 e. The minimum absolute atomic E-state index is 0.00971. The summed E-state index contributed by atoms with van der Waals surface area (Å²) in [5, 5.41) is 58.8. The van der Waals surface area contributed by atoms with Crippen LogP contribution in [0.25, 0.3) is 0 Å². The van der Waals surface area contributed by atoms with Crippen LogP contribution < -0.4 is 0 Å². The van der Waals surface area contributed by atoms with Gasteiger partial charge >= 0.3 is 5.97 Å². The van der Waals surface area contributed by atoms with Crippen LogP contribution in [-0.4, -0.2) is 92.9 Å². The highest BCUT2D eigenvalue weighted by atomic mass is 16.8. The topological polar surface area (TPSA) is 175 Å². The summed E-state index contributed by atoms with van der Waals surface area (Å²) in [4.78, 5) is 12.5. The number of hydrogen-bond acceptors (Lipinski definition) is 11. The summed E-state index contributed by atoms with van der Waals surface area (Å²) in [6.45, 7) is -0.987. The van der Waals surface area contributed by atoms with Gasteiger partial charge in [0.15, 0.2) is 6.29 Å². The highest BCUT2D eigenvalue weighted by Crippen LogP contribution is 2.42. The molecule has 9 atom stereocenters. The van der Waals surface area contributed by atoms with Crippen molar-refractivity contribution < 1.29 is 54.4 Å². The Morgan fingerprint density at radius 3 is 2.39 bits per heavy atom. The minimum atomic E-state index is -1.62. The lowest BCUT2D eigenvalue weighted by atomic mass is 9.88. The molecule has 0 aromatic heterocycles. The number of phenols is 1. The second-order valence-corrected chi connectivity index (χ2v) is 8.09. The Morgan fingerprint density at radius 2 is 1.73 bits per heavy atom. The number of aliphatic hydroxyl groups is 5. The van der Waals surface area contributed by atoms with Crippen molar-refractivity contribution in [2.24, 2.45) is 11.8 Å². The number of hydrogen-bond donors (Lipinski definition) is 6. The zero-order valence-corrected chi connectivity index (χ0v) is 17.4. The maximum Gasteiger partial charge on any atom is 0.338 e. The number of ether oxygens (including phenoxy) is 4. The summed E-state index contributed by atoms with van der Waals surface area (Å²) < 4.78 is 22.3. The second-order valence-electron chi connectivity index (χ2n) is 8.09. The minimum Gasteiger partial charge on any atom is -0.508 e. The van der Waals surface area contributed by atoms with Gasteiger partial charge in [0, 0.05) is 5.92 Å². The molecule has 4 rings (SSSR count). The summed E-state index contributed by atoms with van der Waals surface area (Å²) in [5.41, 5.74) is 0.711. The van der Waals surface area contributed by atoms with Gasteiger partial charge in [-0.05, 0) is 42.0 Å². The molecular weight excluding hydrogens is 440 g/mol. The number of aliphatic hydroxyl groups excluding tert-OH is 5. The van der Waals surface area contributed by atoms with Crippen molar-refractivity contribution in [2.75, 3.05) is 13.2 Å². The van der Waals surface area contributed by atoms with Gasteiger partial charge in [0.1, 0.15) is 36.3 Å². The van der Waals surface area contributed by atoms with E-state index in [1.165, 1.54) is 30.5 Å². The first-order valence-electron chi connectivity index (χ1n) is 10.4. The number of rotatable bonds is 6. The van der Waals surface area contributed by atoms with Gasteiger partial charge in [-0.1, -0.05) is 0 Å². The average Bonchev–Trinajstić information content (AvgIpc) is 3.18. The van der Waals surface area contributed by atoms with Crippen molar-refractivity contribution in [3.05, 3.63) is 53.8 Å². The van der Waals surface area contributed by atoms with E-state index >= 15 is 0 Å². The molecule has 2 heterocycles. The van der Waals surface area contributed by atoms with Crippen LogP contribution in [-0.2, 0) is 18.9 Å². The number of fused-ring (bicyclic) bond motifs is 1. The molecule has 0 radical (unpaired) electrons. The molecule has 11 heteroatoms. The normalized spacial score (nSPS) is 37.7. The van der Waals surface area contributed by atoms with Gasteiger partial charge in [-0.25, -0.2) is 4.79 Å². The maximum absolute atomic E-state index is 12.5. The summed E-state index contributed by atoms with van der Waals surface area (Å²) in [7, 11) is 0. The molecule has 1 aromatic rings. The van der Waals surface area contributed by atoms with E-state index < -0.39 is 67.5 Å². The average molecular weight is 466 g/mol. The SMILES string of the molecule is O=C(OC1C=C(CO)C2C(OC3OC(CO)C(O)C(O)C3O)OC=CC12)c1ccc(O)cc1. The van der Waals surface area contributed by atoms with E-state index in [2.05, 4.69) is 0 Å². The number of aromatic hydroxyl groups is 1. The standard InChI is InChI=1S/C22H26O11/c23-8-11-7-14(31-20(29)10-1-3-12(25)4-2-10)13-5-6-30-21(16(11)13)33-22-19(28)18(27)17(26)15(9-24)32-22/h1-7,13-19,21-28H,8-9H2. The third-order valence-electron chi connectivity index (χ3n) is 6.05. The first-order valence-corrected chi connectivity index (χ1v) is 10.4. The lowest BCUT2D eigenvalue weighted by Crippen LogP contribution is -2.60. The zero-order chi connectivity index (χ0) is 23.7. The van der Waals surface area contributed by atoms with E-state index in [-0.39, 0.29) is 17.9 Å².